The molecule has 11 aromatic rings. The van der Waals surface area contributed by atoms with Crippen LogP contribution in [-0.2, 0) is 0 Å². The van der Waals surface area contributed by atoms with Gasteiger partial charge in [-0.3, -0.25) is 9.55 Å². The van der Waals surface area contributed by atoms with Crippen molar-refractivity contribution in [3.8, 4) is 39.9 Å². The Morgan fingerprint density at radius 1 is 0.462 bits per heavy atom. The second-order valence-electron chi connectivity index (χ2n) is 13.1. The third kappa shape index (κ3) is 4.31. The summed E-state index contributed by atoms with van der Waals surface area (Å²) >= 11 is 0. The summed E-state index contributed by atoms with van der Waals surface area (Å²) in [5.74, 6) is 1.68. The molecule has 242 valence electrons. The Morgan fingerprint density at radius 2 is 1.23 bits per heavy atom. The van der Waals surface area contributed by atoms with E-state index in [0.29, 0.717) is 17.6 Å². The zero-order valence-corrected chi connectivity index (χ0v) is 27.7. The molecule has 0 aliphatic heterocycles. The van der Waals surface area contributed by atoms with Crippen LogP contribution < -0.4 is 0 Å². The van der Waals surface area contributed by atoms with Crippen LogP contribution in [-0.4, -0.2) is 24.5 Å². The fraction of sp³-hybridized carbons (Fsp3) is 0. The highest BCUT2D eigenvalue weighted by molar-refractivity contribution is 6.23. The lowest BCUT2D eigenvalue weighted by Crippen LogP contribution is -2.06. The molecule has 4 heterocycles. The van der Waals surface area contributed by atoms with Crippen LogP contribution in [0, 0.1) is 0 Å². The Kier molecular flexibility index (Phi) is 6.15. The van der Waals surface area contributed by atoms with E-state index in [-0.39, 0.29) is 0 Å². The molecular weight excluding hydrogens is 639 g/mol. The van der Waals surface area contributed by atoms with Crippen LogP contribution in [0.4, 0.5) is 0 Å². The number of pyridine rings is 1. The van der Waals surface area contributed by atoms with E-state index in [1.165, 1.54) is 10.9 Å². The van der Waals surface area contributed by atoms with Gasteiger partial charge in [0.15, 0.2) is 11.6 Å². The maximum atomic E-state index is 6.28. The van der Waals surface area contributed by atoms with E-state index >= 15 is 0 Å². The number of furan rings is 1. The zero-order chi connectivity index (χ0) is 34.2. The Bertz CT molecular complexity index is 3200. The molecule has 7 aromatic carbocycles. The predicted octanol–water partition coefficient (Wildman–Crippen LogP) is 11.6. The molecule has 0 bridgehead atoms. The number of para-hydroxylation sites is 1. The first-order valence-corrected chi connectivity index (χ1v) is 17.3. The summed E-state index contributed by atoms with van der Waals surface area (Å²) in [6.07, 6.45) is 3.60. The van der Waals surface area contributed by atoms with Crippen molar-refractivity contribution in [2.45, 2.75) is 0 Å². The summed E-state index contributed by atoms with van der Waals surface area (Å²) in [6, 6.07) is 52.7. The monoisotopic (exact) mass is 665 g/mol. The van der Waals surface area contributed by atoms with E-state index in [4.69, 9.17) is 19.4 Å². The van der Waals surface area contributed by atoms with Gasteiger partial charge in [0.1, 0.15) is 11.2 Å². The molecule has 0 fully saturated rings. The highest BCUT2D eigenvalue weighted by Gasteiger charge is 2.23. The van der Waals surface area contributed by atoms with E-state index in [1.54, 1.807) is 6.20 Å². The molecule has 0 radical (unpaired) electrons. The summed E-state index contributed by atoms with van der Waals surface area (Å²) < 4.78 is 8.48. The molecule has 4 aromatic heterocycles. The molecule has 52 heavy (non-hydrogen) atoms. The van der Waals surface area contributed by atoms with Gasteiger partial charge in [0.25, 0.3) is 0 Å². The van der Waals surface area contributed by atoms with Gasteiger partial charge in [-0.2, -0.15) is 9.97 Å². The number of hydrogen-bond donors (Lipinski definition) is 0. The molecule has 0 saturated heterocycles. The van der Waals surface area contributed by atoms with Gasteiger partial charge in [-0.15, -0.1) is 0 Å². The van der Waals surface area contributed by atoms with E-state index in [1.807, 2.05) is 24.4 Å². The van der Waals surface area contributed by atoms with Gasteiger partial charge in [-0.05, 0) is 63.0 Å². The van der Waals surface area contributed by atoms with Crippen LogP contribution in [0.5, 0.6) is 0 Å². The summed E-state index contributed by atoms with van der Waals surface area (Å²) in [4.78, 5) is 20.3. The van der Waals surface area contributed by atoms with Crippen molar-refractivity contribution < 1.29 is 4.42 Å². The Balaban J connectivity index is 1.27. The molecule has 0 amide bonds. The molecule has 11 rings (SSSR count). The van der Waals surface area contributed by atoms with Crippen molar-refractivity contribution in [2.75, 3.05) is 0 Å². The molecule has 0 aliphatic rings. The van der Waals surface area contributed by atoms with E-state index in [9.17, 15) is 0 Å². The number of benzene rings is 7. The van der Waals surface area contributed by atoms with Gasteiger partial charge in [0.05, 0.1) is 11.0 Å². The minimum Gasteiger partial charge on any atom is -0.456 e. The smallest absolute Gasteiger partial charge is 0.238 e. The first-order valence-electron chi connectivity index (χ1n) is 17.3. The second-order valence-corrected chi connectivity index (χ2v) is 13.1. The molecule has 6 heteroatoms. The van der Waals surface area contributed by atoms with Crippen LogP contribution in [0.1, 0.15) is 0 Å². The van der Waals surface area contributed by atoms with Crippen molar-refractivity contribution in [2.24, 2.45) is 0 Å². The quantitative estimate of drug-likeness (QED) is 0.187. The van der Waals surface area contributed by atoms with Crippen LogP contribution >= 0.6 is 0 Å². The van der Waals surface area contributed by atoms with Crippen LogP contribution in [0.3, 0.4) is 0 Å². The maximum Gasteiger partial charge on any atom is 0.238 e. The topological polar surface area (TPSA) is 69.6 Å². The first kappa shape index (κ1) is 28.6. The number of nitrogens with zero attached hydrogens (tertiary/aromatic N) is 5. The maximum absolute atomic E-state index is 6.28. The van der Waals surface area contributed by atoms with E-state index < -0.39 is 0 Å². The normalized spacial score (nSPS) is 11.8. The summed E-state index contributed by atoms with van der Waals surface area (Å²) in [6.45, 7) is 0. The highest BCUT2D eigenvalue weighted by Crippen LogP contribution is 2.43. The Labute approximate surface area is 297 Å². The summed E-state index contributed by atoms with van der Waals surface area (Å²) in [5.41, 5.74) is 7.67. The third-order valence-corrected chi connectivity index (χ3v) is 10.1. The predicted molar refractivity (Wildman–Crippen MR) is 211 cm³/mol. The second kappa shape index (κ2) is 11.2. The molecule has 0 N–H and O–H groups in total. The molecular formula is C46H27N5O. The molecule has 0 unspecified atom stereocenters. The first-order chi connectivity index (χ1) is 25.8. The fourth-order valence-electron chi connectivity index (χ4n) is 7.81. The lowest BCUT2D eigenvalue weighted by molar-refractivity contribution is 0.668. The van der Waals surface area contributed by atoms with Crippen molar-refractivity contribution >= 4 is 65.3 Å². The highest BCUT2D eigenvalue weighted by atomic mass is 16.3. The van der Waals surface area contributed by atoms with Crippen LogP contribution in [0.15, 0.2) is 168 Å². The molecule has 0 saturated carbocycles. The number of hydrogen-bond acceptors (Lipinski definition) is 5. The number of aromatic nitrogens is 5. The number of fused-ring (bicyclic) bond motifs is 8. The Morgan fingerprint density at radius 3 is 2.13 bits per heavy atom. The van der Waals surface area contributed by atoms with Crippen molar-refractivity contribution in [1.29, 1.82) is 0 Å². The lowest BCUT2D eigenvalue weighted by Gasteiger charge is -2.13. The minimum atomic E-state index is 0.538. The average Bonchev–Trinajstić information content (AvgIpc) is 3.75. The van der Waals surface area contributed by atoms with Crippen molar-refractivity contribution in [1.82, 2.24) is 24.5 Å². The zero-order valence-electron chi connectivity index (χ0n) is 27.7. The molecule has 0 atom stereocenters. The molecule has 6 nitrogen and oxygen atoms in total. The fourth-order valence-corrected chi connectivity index (χ4v) is 7.81. The van der Waals surface area contributed by atoms with Gasteiger partial charge in [0, 0.05) is 45.1 Å². The van der Waals surface area contributed by atoms with Crippen molar-refractivity contribution in [3.05, 3.63) is 164 Å². The minimum absolute atomic E-state index is 0.538. The largest absolute Gasteiger partial charge is 0.456 e. The lowest BCUT2D eigenvalue weighted by atomic mass is 9.93. The average molecular weight is 666 g/mol. The van der Waals surface area contributed by atoms with E-state index in [0.717, 1.165) is 76.6 Å². The van der Waals surface area contributed by atoms with Gasteiger partial charge < -0.3 is 4.42 Å². The van der Waals surface area contributed by atoms with Gasteiger partial charge in [-0.25, -0.2) is 4.98 Å². The SMILES string of the molecule is c1ccc(-c2c3ccccc3cc3c2c2ccccc2n3-c2nc(-c3ccc4ccccc4c3)nc(-c3cccc4oc5ccncc5c34)n2)cc1. The van der Waals surface area contributed by atoms with Crippen molar-refractivity contribution in [3.63, 3.8) is 0 Å². The molecule has 0 spiro atoms. The van der Waals surface area contributed by atoms with Crippen LogP contribution in [0.2, 0.25) is 0 Å². The van der Waals surface area contributed by atoms with Gasteiger partial charge in [-0.1, -0.05) is 121 Å². The Hall–Kier alpha value is -7.18. The third-order valence-electron chi connectivity index (χ3n) is 10.1. The number of rotatable bonds is 4. The van der Waals surface area contributed by atoms with Gasteiger partial charge >= 0.3 is 0 Å². The molecule has 0 aliphatic carbocycles. The summed E-state index contributed by atoms with van der Waals surface area (Å²) in [7, 11) is 0. The standard InChI is InChI=1S/C46H27N5O/c1-2-12-29(13-3-1)41-33-16-7-6-15-31(33)26-38-43(41)34-17-8-9-19-37(34)51(38)46-49-44(32-22-21-28-11-4-5-14-30(28)25-32)48-45(50-46)35-18-10-20-40-42(35)36-27-47-24-23-39(36)52-40/h1-27H. The summed E-state index contributed by atoms with van der Waals surface area (Å²) in [5, 5.41) is 8.74. The van der Waals surface area contributed by atoms with E-state index in [2.05, 4.69) is 143 Å². The van der Waals surface area contributed by atoms with Gasteiger partial charge in [0.2, 0.25) is 5.95 Å². The van der Waals surface area contributed by atoms with Crippen LogP contribution in [0.25, 0.3) is 105 Å².